The Morgan fingerprint density at radius 3 is 1.67 bits per heavy atom. The van der Waals surface area contributed by atoms with E-state index in [0.717, 1.165) is 0 Å². The number of sulfonamides is 1. The molecule has 79 valence electrons. The summed E-state index contributed by atoms with van der Waals surface area (Å²) in [5, 5.41) is 0. The molecule has 0 N–H and O–H groups in total. The van der Waals surface area contributed by atoms with Crippen LogP contribution in [0, 0.1) is 14.9 Å². The van der Waals surface area contributed by atoms with E-state index in [1.807, 2.05) is 13.3 Å². The Hall–Kier alpha value is 0.834. The van der Waals surface area contributed by atoms with Crippen LogP contribution < -0.4 is 0 Å². The zero-order valence-electron chi connectivity index (χ0n) is 8.20. The zero-order chi connectivity index (χ0) is 7.49. The molecule has 0 rings (SSSR count). The average molecular weight is 258 g/mol. The Labute approximate surface area is 88.4 Å². The number of hydrogen-bond donors (Lipinski definition) is 0. The van der Waals surface area contributed by atoms with Crippen molar-refractivity contribution >= 4 is 17.9 Å². The van der Waals surface area contributed by atoms with Crippen LogP contribution in [0.5, 0.6) is 0 Å². The van der Waals surface area contributed by atoms with Crippen molar-refractivity contribution in [1.29, 1.82) is 0 Å². The van der Waals surface area contributed by atoms with Gasteiger partial charge in [0.2, 0.25) is 0 Å². The van der Waals surface area contributed by atoms with E-state index in [9.17, 15) is 8.42 Å². The minimum atomic E-state index is -3.05. The molecule has 0 aliphatic carbocycles. The van der Waals surface area contributed by atoms with E-state index in [1.54, 1.807) is 0 Å². The van der Waals surface area contributed by atoms with Crippen molar-refractivity contribution in [2.24, 2.45) is 0 Å². The van der Waals surface area contributed by atoms with Crippen LogP contribution in [0.25, 0.3) is 4.72 Å². The second kappa shape index (κ2) is 9.92. The predicted octanol–water partition coefficient (Wildman–Crippen LogP) is 1.65. The van der Waals surface area contributed by atoms with Crippen molar-refractivity contribution in [3.63, 3.8) is 0 Å². The molecule has 0 saturated carbocycles. The average Bonchev–Trinajstić information content (AvgIpc) is 1.63. The molecular formula is C6H18NNiO2PS+. The summed E-state index contributed by atoms with van der Waals surface area (Å²) in [6.45, 7) is 3.90. The van der Waals surface area contributed by atoms with Crippen LogP contribution in [0.3, 0.4) is 0 Å². The first-order valence-electron chi connectivity index (χ1n) is 2.61. The molecular weight excluding hydrogens is 240 g/mol. The second-order valence-electron chi connectivity index (χ2n) is 2.12. The first-order valence-corrected chi connectivity index (χ1v) is 6.92. The van der Waals surface area contributed by atoms with E-state index in [0.29, 0.717) is 0 Å². The molecule has 0 bridgehead atoms. The molecule has 0 aliphatic heterocycles. The maximum Gasteiger partial charge on any atom is 3.00 e. The summed E-state index contributed by atoms with van der Waals surface area (Å²) in [6.07, 6.45) is 0. The Bertz CT molecular complexity index is 170. The summed E-state index contributed by atoms with van der Waals surface area (Å²) in [6, 6.07) is 0. The summed E-state index contributed by atoms with van der Waals surface area (Å²) in [5.41, 5.74) is 0.258. The standard InChI is InChI=1S/C4H11NO2PS.2CH3.Ni/c1-5-9(6,7)4-8(2)3;;;/h4H2,1-3H3;2*1H3;/q3*-1;+3/p+1. The van der Waals surface area contributed by atoms with E-state index < -0.39 is 17.9 Å². The molecule has 0 aromatic heterocycles. The fourth-order valence-electron chi connectivity index (χ4n) is 0.429. The van der Waals surface area contributed by atoms with Crippen molar-refractivity contribution in [3.8, 4) is 0 Å². The van der Waals surface area contributed by atoms with Gasteiger partial charge in [-0.25, -0.2) is 8.42 Å². The van der Waals surface area contributed by atoms with E-state index in [4.69, 9.17) is 0 Å². The van der Waals surface area contributed by atoms with Crippen LogP contribution in [-0.4, -0.2) is 34.3 Å². The molecule has 0 spiro atoms. The van der Waals surface area contributed by atoms with Crippen molar-refractivity contribution in [2.75, 3.05) is 25.9 Å². The van der Waals surface area contributed by atoms with Gasteiger partial charge in [-0.05, 0) is 0 Å². The normalized spacial score (nSPS) is 9.33. The van der Waals surface area contributed by atoms with Gasteiger partial charge in [-0.1, -0.05) is 0 Å². The molecule has 12 heavy (non-hydrogen) atoms. The third-order valence-corrected chi connectivity index (χ3v) is 5.07. The monoisotopic (exact) mass is 257 g/mol. The fraction of sp³-hybridized carbons (Fsp3) is 0.667. The van der Waals surface area contributed by atoms with Gasteiger partial charge < -0.3 is 19.6 Å². The molecule has 0 fully saturated rings. The second-order valence-corrected chi connectivity index (χ2v) is 7.21. The quantitative estimate of drug-likeness (QED) is 0.439. The van der Waals surface area contributed by atoms with Gasteiger partial charge in [0.1, 0.15) is 15.5 Å². The van der Waals surface area contributed by atoms with E-state index in [2.05, 4.69) is 4.72 Å². The van der Waals surface area contributed by atoms with Crippen molar-refractivity contribution in [2.45, 2.75) is 0 Å². The maximum atomic E-state index is 10.7. The third kappa shape index (κ3) is 13.4. The zero-order valence-corrected chi connectivity index (χ0v) is 11.0. The molecule has 0 aromatic rings. The number of hydrogen-bond acceptors (Lipinski definition) is 2. The topological polar surface area (TPSA) is 48.2 Å². The van der Waals surface area contributed by atoms with Gasteiger partial charge in [0.25, 0.3) is 0 Å². The Morgan fingerprint density at radius 1 is 1.25 bits per heavy atom. The molecule has 1 radical (unpaired) electrons. The van der Waals surface area contributed by atoms with Crippen LogP contribution >= 0.6 is 7.92 Å². The molecule has 0 aliphatic rings. The first kappa shape index (κ1) is 23.0. The summed E-state index contributed by atoms with van der Waals surface area (Å²) in [4.78, 5) is 0. The number of rotatable bonds is 3. The number of nitrogens with zero attached hydrogens (tertiary/aromatic N) is 1. The summed E-state index contributed by atoms with van der Waals surface area (Å²) in [7, 11) is -2.41. The molecule has 0 aromatic carbocycles. The van der Waals surface area contributed by atoms with Crippen molar-refractivity contribution in [3.05, 3.63) is 19.6 Å². The molecule has 0 saturated heterocycles. The smallest absolute Gasteiger partial charge is 0.549 e. The summed E-state index contributed by atoms with van der Waals surface area (Å²) >= 11 is 0. The van der Waals surface area contributed by atoms with Gasteiger partial charge >= 0.3 is 16.5 Å². The minimum absolute atomic E-state index is 0. The van der Waals surface area contributed by atoms with Crippen LogP contribution in [-0.2, 0) is 26.5 Å². The van der Waals surface area contributed by atoms with Gasteiger partial charge in [-0.3, -0.25) is 0 Å². The molecule has 6 heteroatoms. The van der Waals surface area contributed by atoms with Gasteiger partial charge in [0.05, 0.1) is 0 Å². The van der Waals surface area contributed by atoms with Crippen molar-refractivity contribution in [1.82, 2.24) is 0 Å². The summed E-state index contributed by atoms with van der Waals surface area (Å²) in [5.74, 6) is 0. The Kier molecular flexibility index (Phi) is 19.0. The molecule has 3 nitrogen and oxygen atoms in total. The van der Waals surface area contributed by atoms with Crippen LogP contribution in [0.4, 0.5) is 0 Å². The van der Waals surface area contributed by atoms with Crippen LogP contribution in [0.2, 0.25) is 0 Å². The molecule has 0 amide bonds. The van der Waals surface area contributed by atoms with Gasteiger partial charge in [0, 0.05) is 21.3 Å². The van der Waals surface area contributed by atoms with E-state index in [1.165, 1.54) is 7.05 Å². The maximum absolute atomic E-state index is 10.7. The van der Waals surface area contributed by atoms with Crippen molar-refractivity contribution < 1.29 is 24.9 Å². The van der Waals surface area contributed by atoms with E-state index >= 15 is 0 Å². The SMILES string of the molecule is C[N-]S(=O)(=O)C[PH+](C)C.[CH3-].[CH3-].[Ni+3]. The van der Waals surface area contributed by atoms with Crippen LogP contribution in [0.15, 0.2) is 0 Å². The van der Waals surface area contributed by atoms with Gasteiger partial charge in [-0.15, -0.1) is 0 Å². The Balaban J connectivity index is -0.000000107. The first-order chi connectivity index (χ1) is 3.98. The van der Waals surface area contributed by atoms with Gasteiger partial charge in [-0.2, -0.15) is 7.05 Å². The summed E-state index contributed by atoms with van der Waals surface area (Å²) < 4.78 is 24.6. The largest absolute Gasteiger partial charge is 3.00 e. The Morgan fingerprint density at radius 2 is 1.58 bits per heavy atom. The van der Waals surface area contributed by atoms with Gasteiger partial charge in [0.15, 0.2) is 0 Å². The third-order valence-electron chi connectivity index (χ3n) is 0.749. The van der Waals surface area contributed by atoms with Crippen LogP contribution in [0.1, 0.15) is 0 Å². The molecule has 0 unspecified atom stereocenters. The molecule has 0 heterocycles. The predicted molar refractivity (Wildman–Crippen MR) is 56.1 cm³/mol. The minimum Gasteiger partial charge on any atom is -0.549 e. The molecule has 0 atom stereocenters. The fourth-order valence-corrected chi connectivity index (χ4v) is 3.86. The van der Waals surface area contributed by atoms with E-state index in [-0.39, 0.29) is 36.8 Å².